The van der Waals surface area contributed by atoms with E-state index in [4.69, 9.17) is 4.74 Å². The van der Waals surface area contributed by atoms with Crippen LogP contribution in [0.2, 0.25) is 0 Å². The van der Waals surface area contributed by atoms with Crippen molar-refractivity contribution in [2.24, 2.45) is 5.92 Å². The molecule has 0 aliphatic heterocycles. The van der Waals surface area contributed by atoms with Crippen molar-refractivity contribution in [2.75, 3.05) is 6.61 Å². The molecule has 0 amide bonds. The molecule has 2 nitrogen and oxygen atoms in total. The number of carbonyl (C=O) groups excluding carboxylic acids is 1. The van der Waals surface area contributed by atoms with E-state index in [1.807, 2.05) is 39.5 Å². The standard InChI is InChI=1S/C11H15O2/c1-3-13-11(12)8-9(2)10-6-4-5-7-10/h4-7,9H,3,8H2,1-2H3/t9-/m0/s1. The Morgan fingerprint density at radius 3 is 2.62 bits per heavy atom. The Morgan fingerprint density at radius 1 is 1.46 bits per heavy atom. The Kier molecular flexibility index (Phi) is 4.26. The Morgan fingerprint density at radius 2 is 2.08 bits per heavy atom. The van der Waals surface area contributed by atoms with E-state index in [1.165, 1.54) is 5.92 Å². The van der Waals surface area contributed by atoms with Crippen LogP contribution in [0.25, 0.3) is 0 Å². The number of ether oxygens (including phenoxy) is 1. The van der Waals surface area contributed by atoms with Gasteiger partial charge in [-0.3, -0.25) is 4.79 Å². The average Bonchev–Trinajstić information content (AvgIpc) is 2.55. The number of hydrogen-bond donors (Lipinski definition) is 0. The van der Waals surface area contributed by atoms with Crippen molar-refractivity contribution < 1.29 is 9.53 Å². The molecule has 2 heteroatoms. The predicted octanol–water partition coefficient (Wildman–Crippen LogP) is 1.98. The van der Waals surface area contributed by atoms with Crippen LogP contribution in [0, 0.1) is 37.5 Å². The van der Waals surface area contributed by atoms with Gasteiger partial charge in [-0.1, -0.05) is 6.92 Å². The first kappa shape index (κ1) is 10.6. The lowest BCUT2D eigenvalue weighted by atomic mass is 9.90. The fourth-order valence-corrected chi connectivity index (χ4v) is 1.31. The Labute approximate surface area is 80.7 Å². The Hall–Kier alpha value is -0.530. The summed E-state index contributed by atoms with van der Waals surface area (Å²) in [6, 6.07) is 0. The van der Waals surface area contributed by atoms with Crippen molar-refractivity contribution >= 4 is 5.97 Å². The molecular weight excluding hydrogens is 164 g/mol. The summed E-state index contributed by atoms with van der Waals surface area (Å²) in [6.07, 6.45) is 8.50. The second kappa shape index (κ2) is 5.25. The van der Waals surface area contributed by atoms with E-state index in [0.29, 0.717) is 13.0 Å². The van der Waals surface area contributed by atoms with Crippen LogP contribution in [0.1, 0.15) is 20.3 Å². The summed E-state index contributed by atoms with van der Waals surface area (Å²) in [6.45, 7) is 4.32. The molecule has 0 aromatic heterocycles. The van der Waals surface area contributed by atoms with E-state index in [-0.39, 0.29) is 11.9 Å². The molecule has 71 valence electrons. The smallest absolute Gasteiger partial charge is 0.306 e. The van der Waals surface area contributed by atoms with Gasteiger partial charge in [-0.05, 0) is 44.4 Å². The molecule has 1 saturated carbocycles. The van der Waals surface area contributed by atoms with E-state index in [9.17, 15) is 4.79 Å². The fraction of sp³-hybridized carbons (Fsp3) is 0.455. The highest BCUT2D eigenvalue weighted by Gasteiger charge is 2.24. The third-order valence-corrected chi connectivity index (χ3v) is 2.04. The van der Waals surface area contributed by atoms with Crippen LogP contribution in [0.4, 0.5) is 0 Å². The summed E-state index contributed by atoms with van der Waals surface area (Å²) in [4.78, 5) is 11.1. The summed E-state index contributed by atoms with van der Waals surface area (Å²) < 4.78 is 4.87. The second-order valence-corrected chi connectivity index (χ2v) is 3.13. The lowest BCUT2D eigenvalue weighted by molar-refractivity contribution is -0.143. The van der Waals surface area contributed by atoms with Gasteiger partial charge in [0, 0.05) is 6.42 Å². The van der Waals surface area contributed by atoms with Crippen LogP contribution in [-0.2, 0) is 9.53 Å². The van der Waals surface area contributed by atoms with Gasteiger partial charge in [0.1, 0.15) is 0 Å². The number of rotatable bonds is 4. The van der Waals surface area contributed by atoms with Crippen LogP contribution in [0.5, 0.6) is 0 Å². The molecular formula is C11H15O2. The minimum atomic E-state index is -0.115. The SMILES string of the molecule is CCOC(=O)C[C@H](C)[C]1[CH][CH][CH][CH]1. The topological polar surface area (TPSA) is 26.3 Å². The highest BCUT2D eigenvalue weighted by Crippen LogP contribution is 2.31. The third-order valence-electron chi connectivity index (χ3n) is 2.04. The van der Waals surface area contributed by atoms with Gasteiger partial charge in [-0.25, -0.2) is 0 Å². The van der Waals surface area contributed by atoms with E-state index in [0.717, 1.165) is 0 Å². The van der Waals surface area contributed by atoms with Crippen molar-refractivity contribution in [2.45, 2.75) is 20.3 Å². The molecule has 0 aromatic carbocycles. The van der Waals surface area contributed by atoms with Crippen molar-refractivity contribution in [3.8, 4) is 0 Å². The summed E-state index contributed by atoms with van der Waals surface area (Å²) in [7, 11) is 0. The second-order valence-electron chi connectivity index (χ2n) is 3.13. The molecule has 5 radical (unpaired) electrons. The fourth-order valence-electron chi connectivity index (χ4n) is 1.31. The monoisotopic (exact) mass is 179 g/mol. The highest BCUT2D eigenvalue weighted by atomic mass is 16.5. The lowest BCUT2D eigenvalue weighted by Gasteiger charge is -2.16. The number of esters is 1. The Balaban J connectivity index is 2.22. The molecule has 1 fully saturated rings. The quantitative estimate of drug-likeness (QED) is 0.617. The molecule has 0 unspecified atom stereocenters. The third kappa shape index (κ3) is 3.37. The summed E-state index contributed by atoms with van der Waals surface area (Å²) >= 11 is 0. The molecule has 0 spiro atoms. The summed E-state index contributed by atoms with van der Waals surface area (Å²) in [5.74, 6) is 1.35. The zero-order valence-corrected chi connectivity index (χ0v) is 8.12. The summed E-state index contributed by atoms with van der Waals surface area (Å²) in [5, 5.41) is 0. The van der Waals surface area contributed by atoms with Gasteiger partial charge in [0.15, 0.2) is 0 Å². The zero-order chi connectivity index (χ0) is 9.68. The molecule has 0 saturated heterocycles. The molecule has 1 aliphatic rings. The van der Waals surface area contributed by atoms with Gasteiger partial charge in [0.2, 0.25) is 0 Å². The van der Waals surface area contributed by atoms with Gasteiger partial charge in [0.05, 0.1) is 6.61 Å². The maximum Gasteiger partial charge on any atom is 0.306 e. The molecule has 0 heterocycles. The van der Waals surface area contributed by atoms with Crippen LogP contribution in [-0.4, -0.2) is 12.6 Å². The molecule has 0 N–H and O–H groups in total. The highest BCUT2D eigenvalue weighted by molar-refractivity contribution is 5.70. The first-order valence-corrected chi connectivity index (χ1v) is 4.61. The minimum absolute atomic E-state index is 0.115. The van der Waals surface area contributed by atoms with Gasteiger partial charge in [0.25, 0.3) is 0 Å². The van der Waals surface area contributed by atoms with Gasteiger partial charge in [-0.15, -0.1) is 0 Å². The van der Waals surface area contributed by atoms with E-state index >= 15 is 0 Å². The van der Waals surface area contributed by atoms with Crippen molar-refractivity contribution in [1.82, 2.24) is 0 Å². The van der Waals surface area contributed by atoms with E-state index in [1.54, 1.807) is 0 Å². The largest absolute Gasteiger partial charge is 0.466 e. The first-order valence-electron chi connectivity index (χ1n) is 4.61. The molecule has 0 aromatic rings. The maximum absolute atomic E-state index is 11.1. The number of hydrogen-bond acceptors (Lipinski definition) is 2. The predicted molar refractivity (Wildman–Crippen MR) is 50.9 cm³/mol. The number of carbonyl (C=O) groups is 1. The van der Waals surface area contributed by atoms with Gasteiger partial charge in [-0.2, -0.15) is 0 Å². The van der Waals surface area contributed by atoms with Crippen LogP contribution >= 0.6 is 0 Å². The summed E-state index contributed by atoms with van der Waals surface area (Å²) in [5.41, 5.74) is 0. The lowest BCUT2D eigenvalue weighted by Crippen LogP contribution is -2.14. The molecule has 0 bridgehead atoms. The first-order chi connectivity index (χ1) is 6.24. The normalized spacial score (nSPS) is 20.2. The van der Waals surface area contributed by atoms with Gasteiger partial charge < -0.3 is 4.74 Å². The van der Waals surface area contributed by atoms with Gasteiger partial charge >= 0.3 is 5.97 Å². The van der Waals surface area contributed by atoms with Crippen molar-refractivity contribution in [3.05, 3.63) is 31.6 Å². The molecule has 13 heavy (non-hydrogen) atoms. The van der Waals surface area contributed by atoms with Crippen molar-refractivity contribution in [3.63, 3.8) is 0 Å². The molecule has 1 atom stereocenters. The van der Waals surface area contributed by atoms with Crippen LogP contribution in [0.3, 0.4) is 0 Å². The molecule has 1 rings (SSSR count). The maximum atomic E-state index is 11.1. The van der Waals surface area contributed by atoms with Crippen molar-refractivity contribution in [1.29, 1.82) is 0 Å². The Bertz CT molecular complexity index is 159. The minimum Gasteiger partial charge on any atom is -0.466 e. The van der Waals surface area contributed by atoms with Crippen LogP contribution < -0.4 is 0 Å². The van der Waals surface area contributed by atoms with E-state index < -0.39 is 0 Å². The average molecular weight is 179 g/mol. The zero-order valence-electron chi connectivity index (χ0n) is 8.12. The molecule has 1 aliphatic carbocycles. The van der Waals surface area contributed by atoms with E-state index in [2.05, 4.69) is 0 Å². The van der Waals surface area contributed by atoms with Crippen LogP contribution in [0.15, 0.2) is 0 Å².